The van der Waals surface area contributed by atoms with Crippen LogP contribution in [0.2, 0.25) is 0 Å². The summed E-state index contributed by atoms with van der Waals surface area (Å²) < 4.78 is 0. The molecule has 0 radical (unpaired) electrons. The number of thioether (sulfide) groups is 1. The maximum absolute atomic E-state index is 5.65. The summed E-state index contributed by atoms with van der Waals surface area (Å²) in [5.74, 6) is 2.72. The average Bonchev–Trinajstić information content (AvgIpc) is 2.99. The fourth-order valence-corrected chi connectivity index (χ4v) is 3.32. The number of nitrogens with two attached hydrogens (primary N) is 1. The molecule has 1 aliphatic carbocycles. The van der Waals surface area contributed by atoms with Crippen LogP contribution in [0.3, 0.4) is 0 Å². The number of hydrogen-bond donors (Lipinski definition) is 1. The second-order valence-electron chi connectivity index (χ2n) is 4.10. The van der Waals surface area contributed by atoms with Crippen molar-refractivity contribution in [3.05, 3.63) is 0 Å². The van der Waals surface area contributed by atoms with Crippen molar-refractivity contribution in [2.24, 2.45) is 5.73 Å². The summed E-state index contributed by atoms with van der Waals surface area (Å²) in [6, 6.07) is 1.76. The van der Waals surface area contributed by atoms with Crippen LogP contribution < -0.4 is 5.73 Å². The first kappa shape index (κ1) is 9.81. The average molecular weight is 200 g/mol. The SMILES string of the molecule is NCCN(C1CCSCC1)C1CC1. The lowest BCUT2D eigenvalue weighted by Crippen LogP contribution is -2.42. The van der Waals surface area contributed by atoms with Gasteiger partial charge >= 0.3 is 0 Å². The van der Waals surface area contributed by atoms with E-state index in [9.17, 15) is 0 Å². The Bertz CT molecular complexity index is 153. The summed E-state index contributed by atoms with van der Waals surface area (Å²) in [5.41, 5.74) is 5.65. The molecule has 0 unspecified atom stereocenters. The van der Waals surface area contributed by atoms with Crippen LogP contribution in [0, 0.1) is 0 Å². The van der Waals surface area contributed by atoms with E-state index in [0.717, 1.165) is 25.2 Å². The molecule has 1 saturated carbocycles. The predicted octanol–water partition coefficient (Wildman–Crippen LogP) is 1.31. The van der Waals surface area contributed by atoms with Crippen LogP contribution in [0.15, 0.2) is 0 Å². The smallest absolute Gasteiger partial charge is 0.0114 e. The van der Waals surface area contributed by atoms with Gasteiger partial charge in [-0.2, -0.15) is 11.8 Å². The van der Waals surface area contributed by atoms with Crippen LogP contribution in [-0.2, 0) is 0 Å². The van der Waals surface area contributed by atoms with E-state index in [1.807, 2.05) is 0 Å². The van der Waals surface area contributed by atoms with Crippen LogP contribution in [0.4, 0.5) is 0 Å². The summed E-state index contributed by atoms with van der Waals surface area (Å²) in [6.45, 7) is 1.96. The Morgan fingerprint density at radius 1 is 1.08 bits per heavy atom. The van der Waals surface area contributed by atoms with Crippen LogP contribution in [-0.4, -0.2) is 41.6 Å². The molecule has 0 aromatic rings. The van der Waals surface area contributed by atoms with Gasteiger partial charge in [0, 0.05) is 25.2 Å². The first-order chi connectivity index (χ1) is 6.42. The molecule has 1 aliphatic heterocycles. The van der Waals surface area contributed by atoms with Gasteiger partial charge in [-0.05, 0) is 37.2 Å². The van der Waals surface area contributed by atoms with E-state index in [2.05, 4.69) is 16.7 Å². The fraction of sp³-hybridized carbons (Fsp3) is 1.00. The highest BCUT2D eigenvalue weighted by Crippen LogP contribution is 2.32. The predicted molar refractivity (Wildman–Crippen MR) is 59.1 cm³/mol. The Labute approximate surface area is 85.2 Å². The molecule has 0 aromatic carbocycles. The lowest BCUT2D eigenvalue weighted by atomic mass is 10.1. The van der Waals surface area contributed by atoms with Crippen LogP contribution in [0.1, 0.15) is 25.7 Å². The monoisotopic (exact) mass is 200 g/mol. The summed E-state index contributed by atoms with van der Waals surface area (Å²) in [4.78, 5) is 2.68. The van der Waals surface area contributed by atoms with Crippen LogP contribution in [0.25, 0.3) is 0 Å². The quantitative estimate of drug-likeness (QED) is 0.742. The van der Waals surface area contributed by atoms with Crippen molar-refractivity contribution in [2.75, 3.05) is 24.6 Å². The molecule has 1 saturated heterocycles. The molecule has 3 heteroatoms. The van der Waals surface area contributed by atoms with Crippen molar-refractivity contribution in [3.8, 4) is 0 Å². The first-order valence-electron chi connectivity index (χ1n) is 5.45. The van der Waals surface area contributed by atoms with E-state index < -0.39 is 0 Å². The largest absolute Gasteiger partial charge is 0.329 e. The van der Waals surface area contributed by atoms with Crippen molar-refractivity contribution in [2.45, 2.75) is 37.8 Å². The molecule has 0 amide bonds. The summed E-state index contributed by atoms with van der Waals surface area (Å²) in [7, 11) is 0. The normalized spacial score (nSPS) is 25.4. The van der Waals surface area contributed by atoms with Gasteiger partial charge in [0.1, 0.15) is 0 Å². The maximum Gasteiger partial charge on any atom is 0.0114 e. The first-order valence-corrected chi connectivity index (χ1v) is 6.61. The lowest BCUT2D eigenvalue weighted by Gasteiger charge is -2.34. The van der Waals surface area contributed by atoms with Gasteiger partial charge in [-0.1, -0.05) is 0 Å². The van der Waals surface area contributed by atoms with E-state index in [1.165, 1.54) is 37.2 Å². The van der Waals surface area contributed by atoms with Gasteiger partial charge in [0.2, 0.25) is 0 Å². The zero-order valence-corrected chi connectivity index (χ0v) is 9.06. The summed E-state index contributed by atoms with van der Waals surface area (Å²) in [6.07, 6.45) is 5.62. The van der Waals surface area contributed by atoms with E-state index in [-0.39, 0.29) is 0 Å². The van der Waals surface area contributed by atoms with Gasteiger partial charge in [0.15, 0.2) is 0 Å². The van der Waals surface area contributed by atoms with Crippen molar-refractivity contribution in [1.29, 1.82) is 0 Å². The minimum Gasteiger partial charge on any atom is -0.329 e. The number of rotatable bonds is 4. The molecule has 0 spiro atoms. The van der Waals surface area contributed by atoms with Crippen LogP contribution >= 0.6 is 11.8 Å². The Kier molecular flexibility index (Phi) is 3.52. The fourth-order valence-electron chi connectivity index (χ4n) is 2.24. The number of hydrogen-bond acceptors (Lipinski definition) is 3. The standard InChI is InChI=1S/C10H20N2S/c11-5-6-12(9-1-2-9)10-3-7-13-8-4-10/h9-10H,1-8,11H2. The highest BCUT2D eigenvalue weighted by atomic mass is 32.2. The highest BCUT2D eigenvalue weighted by Gasteiger charge is 2.33. The Morgan fingerprint density at radius 3 is 2.23 bits per heavy atom. The lowest BCUT2D eigenvalue weighted by molar-refractivity contribution is 0.181. The van der Waals surface area contributed by atoms with Crippen molar-refractivity contribution in [3.63, 3.8) is 0 Å². The molecule has 2 nitrogen and oxygen atoms in total. The van der Waals surface area contributed by atoms with E-state index in [0.29, 0.717) is 0 Å². The molecule has 0 atom stereocenters. The molecule has 0 aromatic heterocycles. The summed E-state index contributed by atoms with van der Waals surface area (Å²) >= 11 is 2.11. The molecule has 0 bridgehead atoms. The van der Waals surface area contributed by atoms with Gasteiger partial charge in [0.05, 0.1) is 0 Å². The molecule has 76 valence electrons. The van der Waals surface area contributed by atoms with Gasteiger partial charge < -0.3 is 5.73 Å². The second-order valence-corrected chi connectivity index (χ2v) is 5.33. The molecule has 2 N–H and O–H groups in total. The van der Waals surface area contributed by atoms with Gasteiger partial charge in [-0.15, -0.1) is 0 Å². The molecular weight excluding hydrogens is 180 g/mol. The second kappa shape index (κ2) is 4.67. The minimum absolute atomic E-state index is 0.833. The Balaban J connectivity index is 1.84. The highest BCUT2D eigenvalue weighted by molar-refractivity contribution is 7.99. The van der Waals surface area contributed by atoms with Gasteiger partial charge in [-0.25, -0.2) is 0 Å². The molecule has 13 heavy (non-hydrogen) atoms. The molecular formula is C10H20N2S. The van der Waals surface area contributed by atoms with E-state index >= 15 is 0 Å². The van der Waals surface area contributed by atoms with Gasteiger partial charge in [-0.3, -0.25) is 4.90 Å². The Hall–Kier alpha value is 0.270. The van der Waals surface area contributed by atoms with Crippen molar-refractivity contribution in [1.82, 2.24) is 4.90 Å². The zero-order valence-electron chi connectivity index (χ0n) is 8.24. The number of nitrogens with zero attached hydrogens (tertiary/aromatic N) is 1. The molecule has 2 rings (SSSR count). The van der Waals surface area contributed by atoms with Crippen molar-refractivity contribution >= 4 is 11.8 Å². The molecule has 1 heterocycles. The maximum atomic E-state index is 5.65. The third-order valence-electron chi connectivity index (χ3n) is 3.06. The Morgan fingerprint density at radius 2 is 1.69 bits per heavy atom. The minimum atomic E-state index is 0.833. The topological polar surface area (TPSA) is 29.3 Å². The van der Waals surface area contributed by atoms with E-state index in [4.69, 9.17) is 5.73 Å². The van der Waals surface area contributed by atoms with Crippen molar-refractivity contribution < 1.29 is 0 Å². The van der Waals surface area contributed by atoms with Crippen LogP contribution in [0.5, 0.6) is 0 Å². The molecule has 2 aliphatic rings. The zero-order chi connectivity index (χ0) is 9.10. The summed E-state index contributed by atoms with van der Waals surface area (Å²) in [5, 5.41) is 0. The van der Waals surface area contributed by atoms with Gasteiger partial charge in [0.25, 0.3) is 0 Å². The molecule has 2 fully saturated rings. The third-order valence-corrected chi connectivity index (χ3v) is 4.11. The van der Waals surface area contributed by atoms with E-state index in [1.54, 1.807) is 0 Å². The third kappa shape index (κ3) is 2.61.